The molecule has 0 spiro atoms. The van der Waals surface area contributed by atoms with Crippen LogP contribution < -0.4 is 26.0 Å². The highest BCUT2D eigenvalue weighted by Crippen LogP contribution is 2.34. The van der Waals surface area contributed by atoms with Gasteiger partial charge in [0.05, 0.1) is 30.0 Å². The third-order valence-electron chi connectivity index (χ3n) is 7.46. The van der Waals surface area contributed by atoms with E-state index >= 15 is 0 Å². The van der Waals surface area contributed by atoms with Crippen LogP contribution in [-0.2, 0) is 14.4 Å². The SMILES string of the molecule is CNC(C)C(=O)NC(C(=O)N1CCCC1C(=O)Nc1cc2c(Nc3ccc(F)cc3F)ncnc2cc1OC)C(C)(C)C. The zero-order valence-corrected chi connectivity index (χ0v) is 25.0. The number of hydrogen-bond donors (Lipinski definition) is 4. The van der Waals surface area contributed by atoms with Crippen LogP contribution in [0, 0.1) is 17.0 Å². The number of carbonyl (C=O) groups excluding carboxylic acids is 3. The van der Waals surface area contributed by atoms with E-state index in [1.165, 1.54) is 24.4 Å². The average molecular weight is 598 g/mol. The first-order chi connectivity index (χ1) is 20.3. The maximum atomic E-state index is 14.4. The molecule has 0 saturated carbocycles. The number of nitrogens with zero attached hydrogens (tertiary/aromatic N) is 3. The predicted octanol–water partition coefficient (Wildman–Crippen LogP) is 3.73. The van der Waals surface area contributed by atoms with Gasteiger partial charge in [-0.25, -0.2) is 18.7 Å². The lowest BCUT2D eigenvalue weighted by Crippen LogP contribution is -2.59. The number of carbonyl (C=O) groups is 3. The van der Waals surface area contributed by atoms with Gasteiger partial charge >= 0.3 is 0 Å². The molecular weight excluding hydrogens is 560 g/mol. The molecule has 3 aromatic rings. The van der Waals surface area contributed by atoms with E-state index in [4.69, 9.17) is 4.74 Å². The first-order valence-electron chi connectivity index (χ1n) is 14.0. The Bertz CT molecular complexity index is 1530. The van der Waals surface area contributed by atoms with E-state index in [0.29, 0.717) is 41.7 Å². The lowest BCUT2D eigenvalue weighted by Gasteiger charge is -2.36. The summed E-state index contributed by atoms with van der Waals surface area (Å²) in [5.41, 5.74) is 0.138. The molecule has 1 aromatic heterocycles. The van der Waals surface area contributed by atoms with Crippen molar-refractivity contribution in [3.05, 3.63) is 48.3 Å². The molecule has 0 aliphatic carbocycles. The number of aromatic nitrogens is 2. The Morgan fingerprint density at radius 3 is 2.49 bits per heavy atom. The van der Waals surface area contributed by atoms with Crippen LogP contribution in [-0.4, -0.2) is 71.4 Å². The van der Waals surface area contributed by atoms with Gasteiger partial charge in [0.2, 0.25) is 17.7 Å². The summed E-state index contributed by atoms with van der Waals surface area (Å²) in [6.07, 6.45) is 2.33. The van der Waals surface area contributed by atoms with Crippen molar-refractivity contribution in [2.75, 3.05) is 31.3 Å². The highest BCUT2D eigenvalue weighted by Gasteiger charge is 2.42. The second-order valence-corrected chi connectivity index (χ2v) is 11.5. The number of ether oxygens (including phenoxy) is 1. The first kappa shape index (κ1) is 31.5. The molecule has 4 rings (SSSR count). The fourth-order valence-corrected chi connectivity index (χ4v) is 4.90. The van der Waals surface area contributed by atoms with Crippen LogP contribution in [0.2, 0.25) is 0 Å². The van der Waals surface area contributed by atoms with E-state index in [9.17, 15) is 23.2 Å². The third kappa shape index (κ3) is 6.99. The normalized spacial score (nSPS) is 16.5. The molecule has 3 atom stereocenters. The van der Waals surface area contributed by atoms with Crippen molar-refractivity contribution >= 4 is 45.8 Å². The van der Waals surface area contributed by atoms with Crippen molar-refractivity contribution in [1.29, 1.82) is 0 Å². The van der Waals surface area contributed by atoms with E-state index in [2.05, 4.69) is 31.2 Å². The number of hydrogen-bond acceptors (Lipinski definition) is 8. The molecule has 1 aliphatic rings. The second-order valence-electron chi connectivity index (χ2n) is 11.5. The van der Waals surface area contributed by atoms with E-state index in [1.807, 2.05) is 20.8 Å². The molecule has 3 amide bonds. The number of nitrogens with one attached hydrogen (secondary N) is 4. The van der Waals surface area contributed by atoms with Gasteiger partial charge < -0.3 is 30.9 Å². The van der Waals surface area contributed by atoms with Crippen LogP contribution in [0.4, 0.5) is 26.0 Å². The van der Waals surface area contributed by atoms with Crippen LogP contribution >= 0.6 is 0 Å². The maximum absolute atomic E-state index is 14.4. The number of rotatable bonds is 9. The summed E-state index contributed by atoms with van der Waals surface area (Å²) < 4.78 is 33.3. The van der Waals surface area contributed by atoms with Gasteiger partial charge in [-0.15, -0.1) is 0 Å². The van der Waals surface area contributed by atoms with E-state index in [-0.39, 0.29) is 23.3 Å². The van der Waals surface area contributed by atoms with Crippen LogP contribution in [0.3, 0.4) is 0 Å². The maximum Gasteiger partial charge on any atom is 0.247 e. The minimum Gasteiger partial charge on any atom is -0.494 e. The Labute approximate surface area is 248 Å². The quantitative estimate of drug-likeness (QED) is 0.293. The van der Waals surface area contributed by atoms with Crippen molar-refractivity contribution in [3.63, 3.8) is 0 Å². The Hall–Kier alpha value is -4.39. The molecule has 1 fully saturated rings. The number of benzene rings is 2. The van der Waals surface area contributed by atoms with Crippen LogP contribution in [0.1, 0.15) is 40.5 Å². The van der Waals surface area contributed by atoms with E-state index in [0.717, 1.165) is 12.1 Å². The summed E-state index contributed by atoms with van der Waals surface area (Å²) >= 11 is 0. The van der Waals surface area contributed by atoms with Crippen LogP contribution in [0.15, 0.2) is 36.7 Å². The summed E-state index contributed by atoms with van der Waals surface area (Å²) in [5.74, 6) is -2.06. The van der Waals surface area contributed by atoms with Crippen molar-refractivity contribution in [2.45, 2.75) is 58.7 Å². The molecule has 2 aromatic carbocycles. The standard InChI is InChI=1S/C30H37F2N7O4/c1-16(33-5)27(40)38-25(30(2,3)4)29(42)39-11-7-8-23(39)28(41)37-22-13-18-21(14-24(22)43-6)34-15-35-26(18)36-20-10-9-17(31)12-19(20)32/h9-10,12-16,23,25,33H,7-8,11H2,1-6H3,(H,37,41)(H,38,40)(H,34,35,36). The Kier molecular flexibility index (Phi) is 9.43. The Balaban J connectivity index is 1.61. The number of halogens is 2. The van der Waals surface area contributed by atoms with Gasteiger partial charge in [0, 0.05) is 24.1 Å². The molecule has 4 N–H and O–H groups in total. The highest BCUT2D eigenvalue weighted by atomic mass is 19.1. The van der Waals surface area contributed by atoms with Gasteiger partial charge in [-0.3, -0.25) is 14.4 Å². The second kappa shape index (κ2) is 12.9. The third-order valence-corrected chi connectivity index (χ3v) is 7.46. The summed E-state index contributed by atoms with van der Waals surface area (Å²) in [4.78, 5) is 50.1. The minimum absolute atomic E-state index is 0.00696. The number of anilines is 3. The zero-order valence-electron chi connectivity index (χ0n) is 25.0. The number of amides is 3. The number of methoxy groups -OCH3 is 1. The lowest BCUT2D eigenvalue weighted by atomic mass is 9.85. The monoisotopic (exact) mass is 597 g/mol. The molecule has 230 valence electrons. The molecule has 1 aliphatic heterocycles. The smallest absolute Gasteiger partial charge is 0.247 e. The number of likely N-dealkylation sites (tertiary alicyclic amines) is 1. The van der Waals surface area contributed by atoms with Crippen LogP contribution in [0.25, 0.3) is 10.9 Å². The van der Waals surface area contributed by atoms with Crippen molar-refractivity contribution < 1.29 is 27.9 Å². The summed E-state index contributed by atoms with van der Waals surface area (Å²) in [7, 11) is 3.10. The molecule has 11 nitrogen and oxygen atoms in total. The van der Waals surface area contributed by atoms with Crippen LogP contribution in [0.5, 0.6) is 5.75 Å². The molecule has 2 heterocycles. The van der Waals surface area contributed by atoms with Gasteiger partial charge in [0.1, 0.15) is 41.6 Å². The molecule has 3 unspecified atom stereocenters. The van der Waals surface area contributed by atoms with E-state index < -0.39 is 41.1 Å². The summed E-state index contributed by atoms with van der Waals surface area (Å²) in [6, 6.07) is 4.19. The Morgan fingerprint density at radius 2 is 1.84 bits per heavy atom. The van der Waals surface area contributed by atoms with Crippen molar-refractivity contribution in [3.8, 4) is 5.75 Å². The summed E-state index contributed by atoms with van der Waals surface area (Å²) in [6.45, 7) is 7.63. The molecule has 0 radical (unpaired) electrons. The molecule has 1 saturated heterocycles. The molecular formula is C30H37F2N7O4. The van der Waals surface area contributed by atoms with Crippen molar-refractivity contribution in [1.82, 2.24) is 25.5 Å². The zero-order chi connectivity index (χ0) is 31.5. The highest BCUT2D eigenvalue weighted by molar-refractivity contribution is 6.03. The summed E-state index contributed by atoms with van der Waals surface area (Å²) in [5, 5.41) is 11.9. The van der Waals surface area contributed by atoms with Gasteiger partial charge in [0.15, 0.2) is 0 Å². The topological polar surface area (TPSA) is 138 Å². The molecule has 43 heavy (non-hydrogen) atoms. The fourth-order valence-electron chi connectivity index (χ4n) is 4.90. The largest absolute Gasteiger partial charge is 0.494 e. The van der Waals surface area contributed by atoms with Gasteiger partial charge in [-0.05, 0) is 50.4 Å². The average Bonchev–Trinajstić information content (AvgIpc) is 3.46. The fraction of sp³-hybridized carbons (Fsp3) is 0.433. The molecule has 13 heteroatoms. The van der Waals surface area contributed by atoms with Gasteiger partial charge in [0.25, 0.3) is 0 Å². The minimum atomic E-state index is -0.850. The van der Waals surface area contributed by atoms with Gasteiger partial charge in [-0.1, -0.05) is 20.8 Å². The number of fused-ring (bicyclic) bond motifs is 1. The predicted molar refractivity (Wildman–Crippen MR) is 159 cm³/mol. The number of likely N-dealkylation sites (N-methyl/N-ethyl adjacent to an activating group) is 1. The van der Waals surface area contributed by atoms with E-state index in [1.54, 1.807) is 26.1 Å². The van der Waals surface area contributed by atoms with Gasteiger partial charge in [-0.2, -0.15) is 0 Å². The van der Waals surface area contributed by atoms with Crippen molar-refractivity contribution in [2.24, 2.45) is 5.41 Å². The lowest BCUT2D eigenvalue weighted by molar-refractivity contribution is -0.143. The Morgan fingerprint density at radius 1 is 1.09 bits per heavy atom. The first-order valence-corrected chi connectivity index (χ1v) is 14.0. The molecule has 0 bridgehead atoms.